The van der Waals surface area contributed by atoms with Crippen LogP contribution >= 0.6 is 0 Å². The van der Waals surface area contributed by atoms with Gasteiger partial charge in [-0.1, -0.05) is 60.7 Å². The van der Waals surface area contributed by atoms with Gasteiger partial charge in [-0.25, -0.2) is 0 Å². The molecule has 24 heavy (non-hydrogen) atoms. The zero-order chi connectivity index (χ0) is 17.4. The van der Waals surface area contributed by atoms with Gasteiger partial charge in [0.15, 0.2) is 0 Å². The van der Waals surface area contributed by atoms with Gasteiger partial charge in [0.1, 0.15) is 6.04 Å². The fourth-order valence-electron chi connectivity index (χ4n) is 2.47. The molecule has 0 aliphatic carbocycles. The Morgan fingerprint density at radius 3 is 1.88 bits per heavy atom. The molecule has 2 amide bonds. The van der Waals surface area contributed by atoms with Crippen LogP contribution in [0, 0.1) is 0 Å². The second-order valence-electron chi connectivity index (χ2n) is 5.66. The maximum atomic E-state index is 12.4. The molecule has 0 unspecified atom stereocenters. The Morgan fingerprint density at radius 2 is 1.38 bits per heavy atom. The number of likely N-dealkylation sites (N-methyl/N-ethyl adjacent to an activating group) is 1. The Bertz CT molecular complexity index is 659. The largest absolute Gasteiger partial charge is 0.357 e. The van der Waals surface area contributed by atoms with Crippen LogP contribution in [-0.4, -0.2) is 30.9 Å². The fraction of sp³-hybridized carbons (Fsp3) is 0.263. The summed E-state index contributed by atoms with van der Waals surface area (Å²) >= 11 is 0. The SMILES string of the molecule is CNC(=O)[C@@H](Cc1ccccc1)NC(=O)[C@H](N)Cc1ccccc1. The van der Waals surface area contributed by atoms with Gasteiger partial charge in [0, 0.05) is 13.5 Å². The van der Waals surface area contributed by atoms with E-state index in [1.807, 2.05) is 60.7 Å². The van der Waals surface area contributed by atoms with Crippen LogP contribution in [0.4, 0.5) is 0 Å². The summed E-state index contributed by atoms with van der Waals surface area (Å²) in [4.78, 5) is 24.4. The lowest BCUT2D eigenvalue weighted by atomic mass is 10.0. The number of nitrogens with one attached hydrogen (secondary N) is 2. The number of carbonyl (C=O) groups is 2. The summed E-state index contributed by atoms with van der Waals surface area (Å²) in [5.74, 6) is -0.567. The van der Waals surface area contributed by atoms with Crippen molar-refractivity contribution in [1.29, 1.82) is 0 Å². The summed E-state index contributed by atoms with van der Waals surface area (Å²) in [6.45, 7) is 0. The van der Waals surface area contributed by atoms with Crippen molar-refractivity contribution in [3.63, 3.8) is 0 Å². The zero-order valence-corrected chi connectivity index (χ0v) is 13.7. The molecule has 0 aromatic heterocycles. The molecule has 0 spiro atoms. The first-order valence-corrected chi connectivity index (χ1v) is 7.95. The average molecular weight is 325 g/mol. The van der Waals surface area contributed by atoms with Gasteiger partial charge in [0.25, 0.3) is 0 Å². The standard InChI is InChI=1S/C19H23N3O2/c1-21-19(24)17(13-15-10-6-3-7-11-15)22-18(23)16(20)12-14-8-4-2-5-9-14/h2-11,16-17H,12-13,20H2,1H3,(H,21,24)(H,22,23)/t16-,17-/m1/s1. The van der Waals surface area contributed by atoms with Gasteiger partial charge in [0.2, 0.25) is 11.8 Å². The Labute approximate surface area is 142 Å². The van der Waals surface area contributed by atoms with Gasteiger partial charge in [-0.15, -0.1) is 0 Å². The van der Waals surface area contributed by atoms with Crippen LogP contribution in [0.1, 0.15) is 11.1 Å². The third-order valence-corrected chi connectivity index (χ3v) is 3.80. The minimum Gasteiger partial charge on any atom is -0.357 e. The highest BCUT2D eigenvalue weighted by atomic mass is 16.2. The molecule has 2 aromatic rings. The van der Waals surface area contributed by atoms with E-state index in [1.165, 1.54) is 0 Å². The van der Waals surface area contributed by atoms with Crippen molar-refractivity contribution in [3.8, 4) is 0 Å². The molecule has 2 rings (SSSR count). The normalized spacial score (nSPS) is 12.9. The maximum absolute atomic E-state index is 12.4. The lowest BCUT2D eigenvalue weighted by Crippen LogP contribution is -2.52. The van der Waals surface area contributed by atoms with Gasteiger partial charge in [0.05, 0.1) is 6.04 Å². The van der Waals surface area contributed by atoms with E-state index in [0.717, 1.165) is 11.1 Å². The molecule has 0 bridgehead atoms. The number of rotatable bonds is 7. The van der Waals surface area contributed by atoms with Gasteiger partial charge < -0.3 is 16.4 Å². The molecule has 0 fully saturated rings. The van der Waals surface area contributed by atoms with E-state index in [1.54, 1.807) is 7.05 Å². The molecule has 0 aliphatic heterocycles. The molecule has 4 N–H and O–H groups in total. The van der Waals surface area contributed by atoms with Crippen LogP contribution in [0.5, 0.6) is 0 Å². The number of carbonyl (C=O) groups excluding carboxylic acids is 2. The van der Waals surface area contributed by atoms with E-state index in [4.69, 9.17) is 5.73 Å². The Hall–Kier alpha value is -2.66. The predicted molar refractivity (Wildman–Crippen MR) is 94.3 cm³/mol. The fourth-order valence-corrected chi connectivity index (χ4v) is 2.47. The Balaban J connectivity index is 2.00. The molecule has 5 heteroatoms. The second-order valence-corrected chi connectivity index (χ2v) is 5.66. The van der Waals surface area contributed by atoms with Crippen LogP contribution < -0.4 is 16.4 Å². The molecule has 0 radical (unpaired) electrons. The van der Waals surface area contributed by atoms with Crippen LogP contribution in [0.15, 0.2) is 60.7 Å². The zero-order valence-electron chi connectivity index (χ0n) is 13.7. The first-order valence-electron chi connectivity index (χ1n) is 7.95. The average Bonchev–Trinajstić information content (AvgIpc) is 2.62. The van der Waals surface area contributed by atoms with Crippen molar-refractivity contribution >= 4 is 11.8 Å². The van der Waals surface area contributed by atoms with Gasteiger partial charge in [-0.05, 0) is 17.5 Å². The lowest BCUT2D eigenvalue weighted by Gasteiger charge is -2.20. The first-order chi connectivity index (χ1) is 11.6. The van der Waals surface area contributed by atoms with Gasteiger partial charge in [-0.3, -0.25) is 9.59 Å². The summed E-state index contributed by atoms with van der Waals surface area (Å²) in [7, 11) is 1.55. The maximum Gasteiger partial charge on any atom is 0.242 e. The number of benzene rings is 2. The first kappa shape index (κ1) is 17.7. The molecule has 0 saturated carbocycles. The topological polar surface area (TPSA) is 84.2 Å². The molecule has 0 heterocycles. The van der Waals surface area contributed by atoms with E-state index in [0.29, 0.717) is 12.8 Å². The summed E-state index contributed by atoms with van der Waals surface area (Å²) < 4.78 is 0. The molecule has 126 valence electrons. The van der Waals surface area contributed by atoms with Crippen LogP contribution in [-0.2, 0) is 22.4 Å². The quantitative estimate of drug-likeness (QED) is 0.711. The highest BCUT2D eigenvalue weighted by Crippen LogP contribution is 2.05. The van der Waals surface area contributed by atoms with E-state index in [9.17, 15) is 9.59 Å². The molecular formula is C19H23N3O2. The molecule has 0 saturated heterocycles. The minimum atomic E-state index is -0.699. The molecular weight excluding hydrogens is 302 g/mol. The number of hydrogen-bond donors (Lipinski definition) is 3. The third kappa shape index (κ3) is 5.21. The molecule has 5 nitrogen and oxygen atoms in total. The third-order valence-electron chi connectivity index (χ3n) is 3.80. The van der Waals surface area contributed by atoms with Crippen molar-refractivity contribution in [2.75, 3.05) is 7.05 Å². The molecule has 2 atom stereocenters. The van der Waals surface area contributed by atoms with Crippen molar-refractivity contribution < 1.29 is 9.59 Å². The van der Waals surface area contributed by atoms with Gasteiger partial charge in [-0.2, -0.15) is 0 Å². The summed E-state index contributed by atoms with van der Waals surface area (Å²) in [5.41, 5.74) is 7.95. The van der Waals surface area contributed by atoms with Crippen molar-refractivity contribution in [1.82, 2.24) is 10.6 Å². The van der Waals surface area contributed by atoms with Crippen LogP contribution in [0.25, 0.3) is 0 Å². The summed E-state index contributed by atoms with van der Waals surface area (Å²) in [5, 5.41) is 5.35. The van der Waals surface area contributed by atoms with Crippen molar-refractivity contribution in [2.45, 2.75) is 24.9 Å². The highest BCUT2D eigenvalue weighted by molar-refractivity contribution is 5.89. The van der Waals surface area contributed by atoms with Crippen LogP contribution in [0.3, 0.4) is 0 Å². The summed E-state index contributed by atoms with van der Waals surface area (Å²) in [6, 6.07) is 17.8. The van der Waals surface area contributed by atoms with Crippen molar-refractivity contribution in [2.24, 2.45) is 5.73 Å². The van der Waals surface area contributed by atoms with Crippen molar-refractivity contribution in [3.05, 3.63) is 71.8 Å². The number of amides is 2. The number of hydrogen-bond acceptors (Lipinski definition) is 3. The Kier molecular flexibility index (Phi) is 6.51. The van der Waals surface area contributed by atoms with E-state index in [-0.39, 0.29) is 11.8 Å². The number of nitrogens with two attached hydrogens (primary N) is 1. The van der Waals surface area contributed by atoms with E-state index >= 15 is 0 Å². The lowest BCUT2D eigenvalue weighted by molar-refractivity contribution is -0.129. The highest BCUT2D eigenvalue weighted by Gasteiger charge is 2.23. The molecule has 2 aromatic carbocycles. The monoisotopic (exact) mass is 325 g/mol. The van der Waals surface area contributed by atoms with Gasteiger partial charge >= 0.3 is 0 Å². The summed E-state index contributed by atoms with van der Waals surface area (Å²) in [6.07, 6.45) is 0.850. The second kappa shape index (κ2) is 8.84. The Morgan fingerprint density at radius 1 is 0.875 bits per heavy atom. The van der Waals surface area contributed by atoms with E-state index in [2.05, 4.69) is 10.6 Å². The smallest absolute Gasteiger partial charge is 0.242 e. The predicted octanol–water partition coefficient (Wildman–Crippen LogP) is 1.03. The molecule has 0 aliphatic rings. The van der Waals surface area contributed by atoms with E-state index < -0.39 is 12.1 Å². The minimum absolute atomic E-state index is 0.237. The van der Waals surface area contributed by atoms with Crippen LogP contribution in [0.2, 0.25) is 0 Å².